The molecule has 0 atom stereocenters. The Labute approximate surface area is 114 Å². The average molecular weight is 265 g/mol. The van der Waals surface area contributed by atoms with Gasteiger partial charge in [0.2, 0.25) is 0 Å². The van der Waals surface area contributed by atoms with Crippen LogP contribution in [-0.4, -0.2) is 11.4 Å². The molecule has 1 aromatic rings. The van der Waals surface area contributed by atoms with E-state index in [1.807, 2.05) is 31.7 Å². The number of ether oxygens (including phenoxy) is 1. The highest BCUT2D eigenvalue weighted by Gasteiger charge is 2.15. The van der Waals surface area contributed by atoms with Crippen molar-refractivity contribution in [2.24, 2.45) is 0 Å². The van der Waals surface area contributed by atoms with Crippen LogP contribution < -0.4 is 10.5 Å². The van der Waals surface area contributed by atoms with Gasteiger partial charge in [-0.1, -0.05) is 19.3 Å². The van der Waals surface area contributed by atoms with Crippen LogP contribution in [0.1, 0.15) is 46.0 Å². The average Bonchev–Trinajstić information content (AvgIpc) is 2.34. The summed E-state index contributed by atoms with van der Waals surface area (Å²) in [5.74, 6) is 0.825. The fourth-order valence-corrected chi connectivity index (χ4v) is 3.60. The van der Waals surface area contributed by atoms with E-state index < -0.39 is 0 Å². The first-order valence-electron chi connectivity index (χ1n) is 6.88. The van der Waals surface area contributed by atoms with E-state index in [0.29, 0.717) is 0 Å². The Kier molecular flexibility index (Phi) is 4.81. The van der Waals surface area contributed by atoms with Gasteiger partial charge in [-0.2, -0.15) is 0 Å². The van der Waals surface area contributed by atoms with Gasteiger partial charge >= 0.3 is 0 Å². The van der Waals surface area contributed by atoms with Gasteiger partial charge in [0.15, 0.2) is 0 Å². The fraction of sp³-hybridized carbons (Fsp3) is 0.600. The molecule has 1 aromatic carbocycles. The number of anilines is 1. The van der Waals surface area contributed by atoms with Gasteiger partial charge in [0, 0.05) is 10.1 Å². The topological polar surface area (TPSA) is 35.2 Å². The van der Waals surface area contributed by atoms with Gasteiger partial charge < -0.3 is 10.5 Å². The van der Waals surface area contributed by atoms with Gasteiger partial charge in [-0.3, -0.25) is 0 Å². The van der Waals surface area contributed by atoms with Crippen LogP contribution in [-0.2, 0) is 0 Å². The third-order valence-electron chi connectivity index (χ3n) is 3.20. The summed E-state index contributed by atoms with van der Waals surface area (Å²) in [4.78, 5) is 1.28. The molecule has 3 heteroatoms. The molecule has 18 heavy (non-hydrogen) atoms. The van der Waals surface area contributed by atoms with Crippen LogP contribution >= 0.6 is 11.8 Å². The lowest BCUT2D eigenvalue weighted by atomic mass is 10.0. The molecule has 0 heterocycles. The molecule has 1 fully saturated rings. The molecule has 2 nitrogen and oxygen atoms in total. The van der Waals surface area contributed by atoms with Gasteiger partial charge in [0.25, 0.3) is 0 Å². The largest absolute Gasteiger partial charge is 0.489 e. The Bertz CT molecular complexity index is 386. The maximum Gasteiger partial charge on any atom is 0.143 e. The van der Waals surface area contributed by atoms with Crippen LogP contribution in [0.4, 0.5) is 5.69 Å². The van der Waals surface area contributed by atoms with Crippen LogP contribution in [0.2, 0.25) is 0 Å². The Balaban J connectivity index is 2.03. The summed E-state index contributed by atoms with van der Waals surface area (Å²) >= 11 is 1.98. The zero-order valence-electron chi connectivity index (χ0n) is 11.3. The van der Waals surface area contributed by atoms with Crippen molar-refractivity contribution in [3.05, 3.63) is 18.2 Å². The number of nitrogen functional groups attached to an aromatic ring is 1. The van der Waals surface area contributed by atoms with Gasteiger partial charge in [-0.05, 0) is 44.9 Å². The van der Waals surface area contributed by atoms with Crippen molar-refractivity contribution in [3.8, 4) is 5.75 Å². The zero-order valence-corrected chi connectivity index (χ0v) is 12.1. The third kappa shape index (κ3) is 3.84. The minimum Gasteiger partial charge on any atom is -0.489 e. The molecule has 0 aliphatic heterocycles. The molecular weight excluding hydrogens is 242 g/mol. The molecule has 1 aliphatic rings. The van der Waals surface area contributed by atoms with Crippen molar-refractivity contribution in [1.29, 1.82) is 0 Å². The van der Waals surface area contributed by atoms with E-state index in [-0.39, 0.29) is 6.10 Å². The molecule has 1 saturated carbocycles. The molecule has 100 valence electrons. The van der Waals surface area contributed by atoms with Gasteiger partial charge in [0.1, 0.15) is 5.75 Å². The van der Waals surface area contributed by atoms with Crippen molar-refractivity contribution >= 4 is 17.4 Å². The zero-order chi connectivity index (χ0) is 13.0. The smallest absolute Gasteiger partial charge is 0.143 e. The number of benzene rings is 1. The van der Waals surface area contributed by atoms with E-state index in [2.05, 4.69) is 12.1 Å². The summed E-state index contributed by atoms with van der Waals surface area (Å²) in [7, 11) is 0. The first-order valence-corrected chi connectivity index (χ1v) is 7.76. The van der Waals surface area contributed by atoms with Crippen molar-refractivity contribution in [1.82, 2.24) is 0 Å². The molecular formula is C15H23NOS. The molecule has 1 aliphatic carbocycles. The molecule has 0 aromatic heterocycles. The highest BCUT2D eigenvalue weighted by Crippen LogP contribution is 2.36. The van der Waals surface area contributed by atoms with E-state index in [4.69, 9.17) is 10.5 Å². The summed E-state index contributed by atoms with van der Waals surface area (Å²) in [6.07, 6.45) is 7.01. The number of hydrogen-bond acceptors (Lipinski definition) is 3. The van der Waals surface area contributed by atoms with Gasteiger partial charge in [-0.15, -0.1) is 11.8 Å². The Morgan fingerprint density at radius 3 is 2.61 bits per heavy atom. The summed E-state index contributed by atoms with van der Waals surface area (Å²) in [5, 5.41) is 0.772. The highest BCUT2D eigenvalue weighted by molar-refractivity contribution is 8.00. The molecule has 2 rings (SSSR count). The van der Waals surface area contributed by atoms with Crippen LogP contribution in [0.3, 0.4) is 0 Å². The highest BCUT2D eigenvalue weighted by atomic mass is 32.2. The maximum atomic E-state index is 5.94. The minimum absolute atomic E-state index is 0.169. The lowest BCUT2D eigenvalue weighted by Gasteiger charge is -2.21. The van der Waals surface area contributed by atoms with E-state index in [1.165, 1.54) is 37.0 Å². The summed E-state index contributed by atoms with van der Waals surface area (Å²) in [6, 6.07) is 6.17. The predicted molar refractivity (Wildman–Crippen MR) is 79.3 cm³/mol. The summed E-state index contributed by atoms with van der Waals surface area (Å²) < 4.78 is 5.74. The SMILES string of the molecule is CC(C)Oc1cc(SC2CCCCC2)ccc1N. The standard InChI is InChI=1S/C15H23NOS/c1-11(2)17-15-10-13(8-9-14(15)16)18-12-6-4-3-5-7-12/h8-12H,3-7,16H2,1-2H3. The number of rotatable bonds is 4. The Morgan fingerprint density at radius 2 is 1.94 bits per heavy atom. The molecule has 2 N–H and O–H groups in total. The van der Waals surface area contributed by atoms with E-state index in [1.54, 1.807) is 0 Å². The van der Waals surface area contributed by atoms with E-state index in [0.717, 1.165) is 16.7 Å². The predicted octanol–water partition coefficient (Wildman–Crippen LogP) is 4.48. The number of thioether (sulfide) groups is 1. The molecule has 0 bridgehead atoms. The molecule has 0 amide bonds. The molecule has 0 radical (unpaired) electrons. The second kappa shape index (κ2) is 6.37. The van der Waals surface area contributed by atoms with Gasteiger partial charge in [0.05, 0.1) is 11.8 Å². The molecule has 0 spiro atoms. The first kappa shape index (κ1) is 13.6. The van der Waals surface area contributed by atoms with Crippen molar-refractivity contribution in [2.45, 2.75) is 62.2 Å². The second-order valence-corrected chi connectivity index (χ2v) is 6.62. The van der Waals surface area contributed by atoms with Crippen molar-refractivity contribution in [3.63, 3.8) is 0 Å². The minimum atomic E-state index is 0.169. The third-order valence-corrected chi connectivity index (χ3v) is 4.53. The normalized spacial score (nSPS) is 17.1. The van der Waals surface area contributed by atoms with Crippen molar-refractivity contribution < 1.29 is 4.74 Å². The maximum absolute atomic E-state index is 5.94. The van der Waals surface area contributed by atoms with Crippen LogP contribution in [0.25, 0.3) is 0 Å². The van der Waals surface area contributed by atoms with E-state index >= 15 is 0 Å². The summed E-state index contributed by atoms with van der Waals surface area (Å²) in [5.41, 5.74) is 6.67. The second-order valence-electron chi connectivity index (χ2n) is 5.24. The van der Waals surface area contributed by atoms with Gasteiger partial charge in [-0.25, -0.2) is 0 Å². The lowest BCUT2D eigenvalue weighted by molar-refractivity contribution is 0.243. The lowest BCUT2D eigenvalue weighted by Crippen LogP contribution is -2.09. The monoisotopic (exact) mass is 265 g/mol. The molecule has 0 unspecified atom stereocenters. The van der Waals surface area contributed by atoms with E-state index in [9.17, 15) is 0 Å². The van der Waals surface area contributed by atoms with Crippen LogP contribution in [0.5, 0.6) is 5.75 Å². The Hall–Kier alpha value is -0.830. The van der Waals surface area contributed by atoms with Crippen molar-refractivity contribution in [2.75, 3.05) is 5.73 Å². The molecule has 0 saturated heterocycles. The quantitative estimate of drug-likeness (QED) is 0.815. The summed E-state index contributed by atoms with van der Waals surface area (Å²) in [6.45, 7) is 4.06. The fourth-order valence-electron chi connectivity index (χ4n) is 2.32. The van der Waals surface area contributed by atoms with Crippen LogP contribution in [0, 0.1) is 0 Å². The number of nitrogens with two attached hydrogens (primary N) is 1. The Morgan fingerprint density at radius 1 is 1.22 bits per heavy atom. The van der Waals surface area contributed by atoms with Crippen LogP contribution in [0.15, 0.2) is 23.1 Å². The first-order chi connectivity index (χ1) is 8.65. The number of hydrogen-bond donors (Lipinski definition) is 1.